The molecule has 1 rings (SSSR count). The van der Waals surface area contributed by atoms with Crippen molar-refractivity contribution in [3.63, 3.8) is 0 Å². The van der Waals surface area contributed by atoms with E-state index in [0.29, 0.717) is 13.1 Å². The molecule has 22 heavy (non-hydrogen) atoms. The summed E-state index contributed by atoms with van der Waals surface area (Å²) in [5.74, 6) is -2.04. The Balaban J connectivity index is 3.36. The van der Waals surface area contributed by atoms with E-state index in [0.717, 1.165) is 18.2 Å². The van der Waals surface area contributed by atoms with Gasteiger partial charge < -0.3 is 15.1 Å². The van der Waals surface area contributed by atoms with E-state index in [-0.39, 0.29) is 11.1 Å². The number of nitriles is 1. The van der Waals surface area contributed by atoms with E-state index in [4.69, 9.17) is 5.26 Å². The number of nitro benzene ring substituents is 1. The zero-order chi connectivity index (χ0) is 16.9. The molecule has 1 aromatic carbocycles. The molecule has 0 radical (unpaired) electrons. The first kappa shape index (κ1) is 17.0. The van der Waals surface area contributed by atoms with E-state index < -0.39 is 28.0 Å². The van der Waals surface area contributed by atoms with Gasteiger partial charge in [0, 0.05) is 30.8 Å². The number of hydrogen-bond donors (Lipinski definition) is 2. The normalized spacial score (nSPS) is 10.9. The third-order valence-electron chi connectivity index (χ3n) is 3.04. The predicted octanol–water partition coefficient (Wildman–Crippen LogP) is 1.78. The molecule has 0 unspecified atom stereocenters. The van der Waals surface area contributed by atoms with Crippen LogP contribution in [0.4, 0.5) is 5.69 Å². The van der Waals surface area contributed by atoms with Crippen LogP contribution in [0.2, 0.25) is 0 Å². The van der Waals surface area contributed by atoms with Gasteiger partial charge in [-0.15, -0.1) is 0 Å². The van der Waals surface area contributed by atoms with Crippen molar-refractivity contribution in [2.24, 2.45) is 0 Å². The zero-order valence-corrected chi connectivity index (χ0v) is 12.1. The Bertz CT molecular complexity index is 672. The zero-order valence-electron chi connectivity index (χ0n) is 12.1. The molecule has 0 spiro atoms. The minimum atomic E-state index is -0.889. The summed E-state index contributed by atoms with van der Waals surface area (Å²) in [6.45, 7) is 4.45. The topological polar surface area (TPSA) is 128 Å². The van der Waals surface area contributed by atoms with Crippen LogP contribution in [-0.2, 0) is 4.79 Å². The largest absolute Gasteiger partial charge is 0.504 e. The molecule has 8 nitrogen and oxygen atoms in total. The van der Waals surface area contributed by atoms with Crippen LogP contribution in [0.15, 0.2) is 18.2 Å². The fourth-order valence-corrected chi connectivity index (χ4v) is 1.83. The highest BCUT2D eigenvalue weighted by Gasteiger charge is 2.21. The van der Waals surface area contributed by atoms with Crippen LogP contribution < -0.4 is 0 Å². The second-order valence-corrected chi connectivity index (χ2v) is 4.30. The molecule has 0 saturated heterocycles. The van der Waals surface area contributed by atoms with Crippen LogP contribution >= 0.6 is 0 Å². The molecule has 0 aliphatic heterocycles. The number of hydrogen-bond acceptors (Lipinski definition) is 6. The summed E-state index contributed by atoms with van der Waals surface area (Å²) in [5, 5.41) is 38.9. The van der Waals surface area contributed by atoms with Gasteiger partial charge in [0.1, 0.15) is 0 Å². The smallest absolute Gasteiger partial charge is 0.315 e. The average Bonchev–Trinajstić information content (AvgIpc) is 2.48. The van der Waals surface area contributed by atoms with Crippen molar-refractivity contribution in [1.82, 2.24) is 4.90 Å². The maximum atomic E-state index is 12.0. The molecule has 0 aliphatic carbocycles. The van der Waals surface area contributed by atoms with Crippen molar-refractivity contribution in [1.29, 1.82) is 5.26 Å². The van der Waals surface area contributed by atoms with Crippen LogP contribution in [0, 0.1) is 21.4 Å². The highest BCUT2D eigenvalue weighted by atomic mass is 16.6. The summed E-state index contributed by atoms with van der Waals surface area (Å²) in [4.78, 5) is 23.4. The number of amides is 1. The summed E-state index contributed by atoms with van der Waals surface area (Å²) in [5.41, 5.74) is -0.910. The average molecular weight is 305 g/mol. The minimum Gasteiger partial charge on any atom is -0.504 e. The van der Waals surface area contributed by atoms with Crippen LogP contribution in [-0.4, -0.2) is 39.0 Å². The molecule has 8 heteroatoms. The van der Waals surface area contributed by atoms with Gasteiger partial charge in [0.05, 0.1) is 16.6 Å². The van der Waals surface area contributed by atoms with Crippen molar-refractivity contribution in [2.75, 3.05) is 13.1 Å². The molecule has 2 N–H and O–H groups in total. The Morgan fingerprint density at radius 3 is 2.45 bits per heavy atom. The number of nitro groups is 1. The Morgan fingerprint density at radius 2 is 2.00 bits per heavy atom. The lowest BCUT2D eigenvalue weighted by Crippen LogP contribution is -2.28. The molecule has 0 saturated carbocycles. The molecule has 0 heterocycles. The van der Waals surface area contributed by atoms with Crippen LogP contribution in [0.25, 0.3) is 5.57 Å². The van der Waals surface area contributed by atoms with E-state index in [1.54, 1.807) is 19.9 Å². The van der Waals surface area contributed by atoms with Gasteiger partial charge in [-0.25, -0.2) is 0 Å². The second-order valence-electron chi connectivity index (χ2n) is 4.30. The Kier molecular flexibility index (Phi) is 5.46. The summed E-state index contributed by atoms with van der Waals surface area (Å²) >= 11 is 0. The van der Waals surface area contributed by atoms with E-state index in [2.05, 4.69) is 0 Å². The number of nitrogens with zero attached hydrogens (tertiary/aromatic N) is 3. The van der Waals surface area contributed by atoms with E-state index in [1.165, 1.54) is 4.90 Å². The van der Waals surface area contributed by atoms with Gasteiger partial charge in [0.25, 0.3) is 0 Å². The summed E-state index contributed by atoms with van der Waals surface area (Å²) in [6, 6.07) is 3.69. The third kappa shape index (κ3) is 3.52. The van der Waals surface area contributed by atoms with Crippen molar-refractivity contribution >= 4 is 17.2 Å². The molecule has 1 amide bonds. The number of benzene rings is 1. The molecule has 0 bridgehead atoms. The van der Waals surface area contributed by atoms with Crippen LogP contribution in [0.5, 0.6) is 11.5 Å². The van der Waals surface area contributed by atoms with Crippen LogP contribution in [0.1, 0.15) is 19.4 Å². The molecular weight excluding hydrogens is 290 g/mol. The lowest BCUT2D eigenvalue weighted by Gasteiger charge is -2.16. The fourth-order valence-electron chi connectivity index (χ4n) is 1.83. The van der Waals surface area contributed by atoms with E-state index in [9.17, 15) is 25.1 Å². The number of phenolic OH excluding ortho intramolecular Hbond substituents is 2. The molecule has 116 valence electrons. The number of allylic oxidation sites excluding steroid dienone is 1. The van der Waals surface area contributed by atoms with Gasteiger partial charge in [-0.3, -0.25) is 14.9 Å². The third-order valence-corrected chi connectivity index (χ3v) is 3.04. The lowest BCUT2D eigenvalue weighted by atomic mass is 10.0. The van der Waals surface area contributed by atoms with Gasteiger partial charge in [0.15, 0.2) is 5.75 Å². The van der Waals surface area contributed by atoms with Crippen molar-refractivity contribution < 1.29 is 19.9 Å². The van der Waals surface area contributed by atoms with Gasteiger partial charge in [0.2, 0.25) is 11.7 Å². The number of aromatic hydroxyl groups is 2. The summed E-state index contributed by atoms with van der Waals surface area (Å²) < 4.78 is 0. The molecule has 0 aliphatic rings. The predicted molar refractivity (Wildman–Crippen MR) is 77.9 cm³/mol. The van der Waals surface area contributed by atoms with Crippen molar-refractivity contribution in [3.8, 4) is 17.6 Å². The molecule has 0 atom stereocenters. The Morgan fingerprint density at radius 1 is 1.41 bits per heavy atom. The molecular formula is C14H15N3O5. The first-order chi connectivity index (χ1) is 10.3. The Hall–Kier alpha value is -3.08. The van der Waals surface area contributed by atoms with Crippen molar-refractivity contribution in [2.45, 2.75) is 13.8 Å². The summed E-state index contributed by atoms with van der Waals surface area (Å²) in [7, 11) is 0. The number of carbonyl (C=O) groups is 1. The quantitative estimate of drug-likeness (QED) is 0.280. The SMILES string of the molecule is CCN(CC)C(=O)/C=C(\C#N)c1cc(O)c(O)c([N+](=O)[O-])c1. The first-order valence-electron chi connectivity index (χ1n) is 6.47. The highest BCUT2D eigenvalue weighted by molar-refractivity contribution is 5.98. The monoisotopic (exact) mass is 305 g/mol. The fraction of sp³-hybridized carbons (Fsp3) is 0.286. The molecule has 0 fully saturated rings. The standard InChI is InChI=1S/C14H15N3O5/c1-3-16(4-2)13(19)7-10(8-15)9-5-11(17(21)22)14(20)12(18)6-9/h5-7,18,20H,3-4H2,1-2H3/b10-7+. The second kappa shape index (κ2) is 7.08. The van der Waals surface area contributed by atoms with E-state index >= 15 is 0 Å². The van der Waals surface area contributed by atoms with Gasteiger partial charge in [-0.05, 0) is 19.9 Å². The van der Waals surface area contributed by atoms with Crippen LogP contribution in [0.3, 0.4) is 0 Å². The minimum absolute atomic E-state index is 0.0231. The van der Waals surface area contributed by atoms with Gasteiger partial charge in [-0.1, -0.05) is 0 Å². The maximum absolute atomic E-state index is 12.0. The maximum Gasteiger partial charge on any atom is 0.315 e. The summed E-state index contributed by atoms with van der Waals surface area (Å²) in [6.07, 6.45) is 1.04. The number of rotatable bonds is 5. The van der Waals surface area contributed by atoms with E-state index in [1.807, 2.05) is 0 Å². The lowest BCUT2D eigenvalue weighted by molar-refractivity contribution is -0.386. The van der Waals surface area contributed by atoms with Gasteiger partial charge in [-0.2, -0.15) is 5.26 Å². The number of carbonyl (C=O) groups excluding carboxylic acids is 1. The first-order valence-corrected chi connectivity index (χ1v) is 6.47. The van der Waals surface area contributed by atoms with Gasteiger partial charge >= 0.3 is 5.69 Å². The van der Waals surface area contributed by atoms with Crippen molar-refractivity contribution in [3.05, 3.63) is 33.9 Å². The number of phenols is 2. The highest BCUT2D eigenvalue weighted by Crippen LogP contribution is 2.37. The Labute approximate surface area is 126 Å². The molecule has 0 aromatic heterocycles. The molecule has 1 aromatic rings. The number of likely N-dealkylation sites (N-methyl/N-ethyl adjacent to an activating group) is 1.